The summed E-state index contributed by atoms with van der Waals surface area (Å²) in [4.78, 5) is 11.5. The van der Waals surface area contributed by atoms with Crippen LogP contribution in [0.15, 0.2) is 0 Å². The number of nitrogens with zero attached hydrogens (tertiary/aromatic N) is 4. The number of nitriles is 4. The topological polar surface area (TPSA) is 142 Å². The molecule has 0 spiro atoms. The van der Waals surface area contributed by atoms with E-state index in [1.807, 2.05) is 0 Å². The van der Waals surface area contributed by atoms with Gasteiger partial charge in [-0.05, 0) is 0 Å². The molecule has 0 aliphatic heterocycles. The second-order valence-corrected chi connectivity index (χ2v) is 3.39. The maximum absolute atomic E-state index is 11.5. The van der Waals surface area contributed by atoms with E-state index in [4.69, 9.17) is 26.2 Å². The smallest absolute Gasteiger partial charge is 0.314 e. The van der Waals surface area contributed by atoms with E-state index in [0.717, 1.165) is 0 Å². The van der Waals surface area contributed by atoms with Gasteiger partial charge in [0, 0.05) is 0 Å². The lowest BCUT2D eigenvalue weighted by molar-refractivity contribution is -0.147. The maximum atomic E-state index is 11.5. The third-order valence-corrected chi connectivity index (χ3v) is 2.68. The van der Waals surface area contributed by atoms with Gasteiger partial charge in [0.2, 0.25) is 0 Å². The highest BCUT2D eigenvalue weighted by atomic mass is 16.5. The lowest BCUT2D eigenvalue weighted by atomic mass is 9.98. The third-order valence-electron chi connectivity index (χ3n) is 2.68. The molecule has 0 unspecified atom stereocenters. The SMILES string of the molecule is N#CC1(C#N)C(C(=O)OCCO)C1(C#N)C#N. The maximum Gasteiger partial charge on any atom is 0.314 e. The summed E-state index contributed by atoms with van der Waals surface area (Å²) in [7, 11) is 0. The molecule has 0 aromatic carbocycles. The first-order valence-corrected chi connectivity index (χ1v) is 4.52. The van der Waals surface area contributed by atoms with Crippen LogP contribution in [-0.2, 0) is 9.53 Å². The Balaban J connectivity index is 3.09. The predicted octanol–water partition coefficient (Wildman–Crippen LogP) is -0.781. The molecular formula is C10H6N4O3. The number of aliphatic hydroxyl groups is 1. The largest absolute Gasteiger partial charge is 0.463 e. The molecule has 1 saturated carbocycles. The minimum Gasteiger partial charge on any atom is -0.463 e. The predicted molar refractivity (Wildman–Crippen MR) is 48.9 cm³/mol. The van der Waals surface area contributed by atoms with Gasteiger partial charge < -0.3 is 9.84 Å². The first kappa shape index (κ1) is 12.5. The molecule has 17 heavy (non-hydrogen) atoms. The molecule has 1 aliphatic rings. The molecule has 7 heteroatoms. The molecule has 0 saturated heterocycles. The van der Waals surface area contributed by atoms with Crippen LogP contribution in [0.25, 0.3) is 0 Å². The van der Waals surface area contributed by atoms with E-state index in [1.165, 1.54) is 24.3 Å². The van der Waals surface area contributed by atoms with E-state index in [1.54, 1.807) is 0 Å². The van der Waals surface area contributed by atoms with Gasteiger partial charge in [-0.15, -0.1) is 0 Å². The van der Waals surface area contributed by atoms with Crippen LogP contribution in [0.1, 0.15) is 0 Å². The quantitative estimate of drug-likeness (QED) is 0.626. The minimum absolute atomic E-state index is 0.310. The molecular weight excluding hydrogens is 224 g/mol. The van der Waals surface area contributed by atoms with Crippen molar-refractivity contribution < 1.29 is 14.6 Å². The van der Waals surface area contributed by atoms with Gasteiger partial charge >= 0.3 is 5.97 Å². The standard InChI is InChI=1S/C10H6N4O3/c11-3-9(4-12)7(8(16)17-2-1-15)10(9,5-13)6-14/h7,15H,1-2H2. The van der Waals surface area contributed by atoms with Gasteiger partial charge in [-0.3, -0.25) is 4.79 Å². The summed E-state index contributed by atoms with van der Waals surface area (Å²) in [6.07, 6.45) is 0. The molecule has 0 bridgehead atoms. The van der Waals surface area contributed by atoms with Crippen molar-refractivity contribution >= 4 is 5.97 Å². The molecule has 0 aromatic rings. The Bertz CT molecular complexity index is 448. The van der Waals surface area contributed by atoms with Crippen LogP contribution in [0.3, 0.4) is 0 Å². The van der Waals surface area contributed by atoms with E-state index < -0.39 is 29.3 Å². The molecule has 0 amide bonds. The van der Waals surface area contributed by atoms with E-state index >= 15 is 0 Å². The fourth-order valence-electron chi connectivity index (χ4n) is 1.72. The average molecular weight is 230 g/mol. The minimum atomic E-state index is -1.98. The summed E-state index contributed by atoms with van der Waals surface area (Å²) in [6.45, 7) is -0.730. The zero-order valence-electron chi connectivity index (χ0n) is 8.54. The summed E-state index contributed by atoms with van der Waals surface area (Å²) in [5.74, 6) is -2.41. The lowest BCUT2D eigenvalue weighted by Crippen LogP contribution is -2.14. The third kappa shape index (κ3) is 1.31. The van der Waals surface area contributed by atoms with Crippen LogP contribution in [0.2, 0.25) is 0 Å². The van der Waals surface area contributed by atoms with Crippen LogP contribution in [0, 0.1) is 62.1 Å². The molecule has 1 fully saturated rings. The van der Waals surface area contributed by atoms with Gasteiger partial charge in [0.15, 0.2) is 10.8 Å². The number of hydrogen-bond donors (Lipinski definition) is 1. The lowest BCUT2D eigenvalue weighted by Gasteiger charge is -2.00. The number of carbonyl (C=O) groups is 1. The normalized spacial score (nSPS) is 18.9. The van der Waals surface area contributed by atoms with Gasteiger partial charge in [-0.2, -0.15) is 21.0 Å². The fourth-order valence-corrected chi connectivity index (χ4v) is 1.72. The van der Waals surface area contributed by atoms with Crippen molar-refractivity contribution in [2.45, 2.75) is 0 Å². The summed E-state index contributed by atoms with van der Waals surface area (Å²) in [5, 5.41) is 43.9. The zero-order valence-corrected chi connectivity index (χ0v) is 8.54. The monoisotopic (exact) mass is 230 g/mol. The molecule has 0 aromatic heterocycles. The Hall–Kier alpha value is -2.61. The van der Waals surface area contributed by atoms with Crippen LogP contribution in [0.5, 0.6) is 0 Å². The molecule has 1 aliphatic carbocycles. The summed E-state index contributed by atoms with van der Waals surface area (Å²) in [6, 6.07) is 6.13. The second-order valence-electron chi connectivity index (χ2n) is 3.39. The summed E-state index contributed by atoms with van der Waals surface area (Å²) < 4.78 is 4.54. The first-order chi connectivity index (χ1) is 8.10. The zero-order chi connectivity index (χ0) is 13.1. The molecule has 84 valence electrons. The Labute approximate surface area is 96.7 Å². The average Bonchev–Trinajstić information content (AvgIpc) is 2.99. The van der Waals surface area contributed by atoms with E-state index in [0.29, 0.717) is 0 Å². The van der Waals surface area contributed by atoms with Crippen molar-refractivity contribution in [3.63, 3.8) is 0 Å². The van der Waals surface area contributed by atoms with Gasteiger partial charge in [0.25, 0.3) is 0 Å². The van der Waals surface area contributed by atoms with Gasteiger partial charge in [0.05, 0.1) is 30.9 Å². The van der Waals surface area contributed by atoms with Crippen LogP contribution >= 0.6 is 0 Å². The van der Waals surface area contributed by atoms with Crippen molar-refractivity contribution in [3.05, 3.63) is 0 Å². The fraction of sp³-hybridized carbons (Fsp3) is 0.500. The van der Waals surface area contributed by atoms with Gasteiger partial charge in [-0.25, -0.2) is 0 Å². The molecule has 0 atom stereocenters. The number of carbonyl (C=O) groups excluding carboxylic acids is 1. The van der Waals surface area contributed by atoms with E-state index in [9.17, 15) is 4.79 Å². The van der Waals surface area contributed by atoms with Crippen molar-refractivity contribution in [3.8, 4) is 24.3 Å². The van der Waals surface area contributed by atoms with Crippen molar-refractivity contribution in [1.29, 1.82) is 21.0 Å². The van der Waals surface area contributed by atoms with Gasteiger partial charge in [-0.1, -0.05) is 0 Å². The van der Waals surface area contributed by atoms with Crippen LogP contribution in [-0.4, -0.2) is 24.3 Å². The Morgan fingerprint density at radius 1 is 1.12 bits per heavy atom. The Kier molecular flexibility index (Phi) is 3.01. The molecule has 0 heterocycles. The number of rotatable bonds is 3. The summed E-state index contributed by atoms with van der Waals surface area (Å²) in [5.41, 5.74) is -3.97. The van der Waals surface area contributed by atoms with Crippen molar-refractivity contribution in [2.24, 2.45) is 16.7 Å². The van der Waals surface area contributed by atoms with Crippen molar-refractivity contribution in [1.82, 2.24) is 0 Å². The molecule has 1 rings (SSSR count). The number of aliphatic hydroxyl groups excluding tert-OH is 1. The summed E-state index contributed by atoms with van der Waals surface area (Å²) >= 11 is 0. The molecule has 7 nitrogen and oxygen atoms in total. The number of ether oxygens (including phenoxy) is 1. The Morgan fingerprint density at radius 2 is 1.53 bits per heavy atom. The van der Waals surface area contributed by atoms with E-state index in [2.05, 4.69) is 4.74 Å². The van der Waals surface area contributed by atoms with Crippen LogP contribution in [0.4, 0.5) is 0 Å². The van der Waals surface area contributed by atoms with E-state index in [-0.39, 0.29) is 6.61 Å². The Morgan fingerprint density at radius 3 is 1.82 bits per heavy atom. The molecule has 1 N–H and O–H groups in total. The second kappa shape index (κ2) is 4.10. The number of esters is 1. The number of hydrogen-bond acceptors (Lipinski definition) is 7. The van der Waals surface area contributed by atoms with Crippen molar-refractivity contribution in [2.75, 3.05) is 13.2 Å². The highest BCUT2D eigenvalue weighted by Crippen LogP contribution is 2.68. The highest BCUT2D eigenvalue weighted by Gasteiger charge is 2.85. The van der Waals surface area contributed by atoms with Gasteiger partial charge in [0.1, 0.15) is 12.5 Å². The molecule has 0 radical (unpaired) electrons. The van der Waals surface area contributed by atoms with Crippen LogP contribution < -0.4 is 0 Å². The highest BCUT2D eigenvalue weighted by molar-refractivity contribution is 5.85. The first-order valence-electron chi connectivity index (χ1n) is 4.52.